The SMILES string of the molecule is CC(NCC(CCO)c1ccccc1)c1cnccn1. The largest absolute Gasteiger partial charge is 0.396 e. The summed E-state index contributed by atoms with van der Waals surface area (Å²) < 4.78 is 0. The zero-order valence-corrected chi connectivity index (χ0v) is 11.7. The highest BCUT2D eigenvalue weighted by molar-refractivity contribution is 5.20. The van der Waals surface area contributed by atoms with E-state index in [1.165, 1.54) is 5.56 Å². The Balaban J connectivity index is 1.96. The number of nitrogens with zero attached hydrogens (tertiary/aromatic N) is 2. The molecule has 0 aliphatic rings. The summed E-state index contributed by atoms with van der Waals surface area (Å²) in [6, 6.07) is 10.4. The molecule has 0 saturated heterocycles. The number of aliphatic hydroxyl groups is 1. The van der Waals surface area contributed by atoms with Gasteiger partial charge in [0.2, 0.25) is 0 Å². The molecule has 1 aromatic carbocycles. The first-order chi connectivity index (χ1) is 9.81. The van der Waals surface area contributed by atoms with Gasteiger partial charge in [0.1, 0.15) is 0 Å². The molecule has 4 nitrogen and oxygen atoms in total. The van der Waals surface area contributed by atoms with Crippen molar-refractivity contribution in [2.24, 2.45) is 0 Å². The van der Waals surface area contributed by atoms with Crippen molar-refractivity contribution in [2.75, 3.05) is 13.2 Å². The summed E-state index contributed by atoms with van der Waals surface area (Å²) in [4.78, 5) is 8.39. The van der Waals surface area contributed by atoms with E-state index < -0.39 is 0 Å². The third-order valence-corrected chi connectivity index (χ3v) is 3.45. The van der Waals surface area contributed by atoms with E-state index in [1.807, 2.05) is 18.2 Å². The van der Waals surface area contributed by atoms with Crippen molar-refractivity contribution >= 4 is 0 Å². The van der Waals surface area contributed by atoms with Crippen molar-refractivity contribution in [3.8, 4) is 0 Å². The van der Waals surface area contributed by atoms with Gasteiger partial charge in [-0.2, -0.15) is 0 Å². The molecule has 0 aliphatic heterocycles. The van der Waals surface area contributed by atoms with Crippen LogP contribution >= 0.6 is 0 Å². The van der Waals surface area contributed by atoms with Crippen LogP contribution in [-0.2, 0) is 0 Å². The number of hydrogen-bond donors (Lipinski definition) is 2. The van der Waals surface area contributed by atoms with Crippen molar-refractivity contribution in [3.05, 3.63) is 60.2 Å². The van der Waals surface area contributed by atoms with Gasteiger partial charge in [-0.25, -0.2) is 0 Å². The Morgan fingerprint density at radius 3 is 2.65 bits per heavy atom. The van der Waals surface area contributed by atoms with Crippen LogP contribution in [0.1, 0.15) is 36.6 Å². The number of aliphatic hydroxyl groups excluding tert-OH is 1. The zero-order chi connectivity index (χ0) is 14.2. The molecule has 1 heterocycles. The second kappa shape index (κ2) is 7.72. The van der Waals surface area contributed by atoms with Crippen molar-refractivity contribution in [1.29, 1.82) is 0 Å². The molecule has 2 aromatic rings. The molecule has 0 amide bonds. The van der Waals surface area contributed by atoms with Gasteiger partial charge in [-0.1, -0.05) is 30.3 Å². The predicted octanol–water partition coefficient (Wildman–Crippen LogP) is 2.29. The first-order valence-corrected chi connectivity index (χ1v) is 6.96. The Bertz CT molecular complexity index is 490. The van der Waals surface area contributed by atoms with Gasteiger partial charge in [0.25, 0.3) is 0 Å². The van der Waals surface area contributed by atoms with Gasteiger partial charge < -0.3 is 10.4 Å². The number of aromatic nitrogens is 2. The van der Waals surface area contributed by atoms with Crippen molar-refractivity contribution in [2.45, 2.75) is 25.3 Å². The number of benzene rings is 1. The van der Waals surface area contributed by atoms with Crippen molar-refractivity contribution in [1.82, 2.24) is 15.3 Å². The van der Waals surface area contributed by atoms with Gasteiger partial charge in [0, 0.05) is 37.8 Å². The molecule has 106 valence electrons. The minimum Gasteiger partial charge on any atom is -0.396 e. The van der Waals surface area contributed by atoms with E-state index in [0.717, 1.165) is 18.7 Å². The summed E-state index contributed by atoms with van der Waals surface area (Å²) >= 11 is 0. The van der Waals surface area contributed by atoms with Crippen molar-refractivity contribution in [3.63, 3.8) is 0 Å². The highest BCUT2D eigenvalue weighted by atomic mass is 16.3. The molecule has 2 N–H and O–H groups in total. The van der Waals surface area contributed by atoms with E-state index in [9.17, 15) is 5.11 Å². The first-order valence-electron chi connectivity index (χ1n) is 6.96. The van der Waals surface area contributed by atoms with Crippen LogP contribution in [0.3, 0.4) is 0 Å². The summed E-state index contributed by atoms with van der Waals surface area (Å²) in [5, 5.41) is 12.7. The smallest absolute Gasteiger partial charge is 0.0753 e. The summed E-state index contributed by atoms with van der Waals surface area (Å²) in [6.45, 7) is 3.08. The van der Waals surface area contributed by atoms with Crippen LogP contribution in [0.25, 0.3) is 0 Å². The first kappa shape index (κ1) is 14.6. The van der Waals surface area contributed by atoms with Crippen LogP contribution in [0, 0.1) is 0 Å². The number of nitrogens with one attached hydrogen (secondary N) is 1. The van der Waals surface area contributed by atoms with Gasteiger partial charge in [-0.05, 0) is 24.8 Å². The van der Waals surface area contributed by atoms with E-state index in [1.54, 1.807) is 18.6 Å². The van der Waals surface area contributed by atoms with Crippen LogP contribution in [0.15, 0.2) is 48.9 Å². The van der Waals surface area contributed by atoms with Crippen LogP contribution in [0.5, 0.6) is 0 Å². The Morgan fingerprint density at radius 1 is 1.20 bits per heavy atom. The lowest BCUT2D eigenvalue weighted by atomic mass is 9.95. The maximum Gasteiger partial charge on any atom is 0.0753 e. The van der Waals surface area contributed by atoms with E-state index in [4.69, 9.17) is 0 Å². The van der Waals surface area contributed by atoms with Gasteiger partial charge in [-0.15, -0.1) is 0 Å². The Hall–Kier alpha value is -1.78. The summed E-state index contributed by atoms with van der Waals surface area (Å²) in [7, 11) is 0. The Labute approximate surface area is 119 Å². The molecule has 4 heteroatoms. The summed E-state index contributed by atoms with van der Waals surface area (Å²) in [6.07, 6.45) is 5.91. The average molecular weight is 271 g/mol. The maximum atomic E-state index is 9.23. The van der Waals surface area contributed by atoms with Crippen molar-refractivity contribution < 1.29 is 5.11 Å². The molecule has 0 aliphatic carbocycles. The lowest BCUT2D eigenvalue weighted by Crippen LogP contribution is -2.26. The van der Waals surface area contributed by atoms with Crippen LogP contribution in [0.4, 0.5) is 0 Å². The van der Waals surface area contributed by atoms with Crippen LogP contribution < -0.4 is 5.32 Å². The van der Waals surface area contributed by atoms with Crippen LogP contribution in [0.2, 0.25) is 0 Å². The molecule has 0 spiro atoms. The lowest BCUT2D eigenvalue weighted by molar-refractivity contribution is 0.272. The molecule has 0 radical (unpaired) electrons. The summed E-state index contributed by atoms with van der Waals surface area (Å²) in [5.74, 6) is 0.306. The minimum atomic E-state index is 0.147. The van der Waals surface area contributed by atoms with E-state index in [2.05, 4.69) is 34.3 Å². The highest BCUT2D eigenvalue weighted by Crippen LogP contribution is 2.19. The summed E-state index contributed by atoms with van der Waals surface area (Å²) in [5.41, 5.74) is 2.18. The molecule has 2 unspecified atom stereocenters. The maximum absolute atomic E-state index is 9.23. The fourth-order valence-corrected chi connectivity index (χ4v) is 2.23. The fraction of sp³-hybridized carbons (Fsp3) is 0.375. The fourth-order valence-electron chi connectivity index (χ4n) is 2.23. The molecular weight excluding hydrogens is 250 g/mol. The van der Waals surface area contributed by atoms with Gasteiger partial charge in [-0.3, -0.25) is 9.97 Å². The van der Waals surface area contributed by atoms with Gasteiger partial charge in [0.05, 0.1) is 5.69 Å². The second-order valence-electron chi connectivity index (χ2n) is 4.88. The topological polar surface area (TPSA) is 58.0 Å². The lowest BCUT2D eigenvalue weighted by Gasteiger charge is -2.20. The monoisotopic (exact) mass is 271 g/mol. The normalized spacial score (nSPS) is 13.9. The highest BCUT2D eigenvalue weighted by Gasteiger charge is 2.13. The van der Waals surface area contributed by atoms with E-state index >= 15 is 0 Å². The second-order valence-corrected chi connectivity index (χ2v) is 4.88. The van der Waals surface area contributed by atoms with Gasteiger partial charge >= 0.3 is 0 Å². The van der Waals surface area contributed by atoms with E-state index in [0.29, 0.717) is 5.92 Å². The third kappa shape index (κ3) is 4.11. The molecule has 2 rings (SSSR count). The third-order valence-electron chi connectivity index (χ3n) is 3.45. The molecule has 2 atom stereocenters. The molecule has 20 heavy (non-hydrogen) atoms. The quantitative estimate of drug-likeness (QED) is 0.811. The minimum absolute atomic E-state index is 0.147. The standard InChI is InChI=1S/C16H21N3O/c1-13(16-12-17-8-9-18-16)19-11-15(7-10-20)14-5-3-2-4-6-14/h2-6,8-9,12-13,15,19-20H,7,10-11H2,1H3. The average Bonchev–Trinajstić information content (AvgIpc) is 2.53. The van der Waals surface area contributed by atoms with E-state index in [-0.39, 0.29) is 12.6 Å². The number of hydrogen-bond acceptors (Lipinski definition) is 4. The Morgan fingerprint density at radius 2 is 2.00 bits per heavy atom. The predicted molar refractivity (Wildman–Crippen MR) is 79.3 cm³/mol. The zero-order valence-electron chi connectivity index (χ0n) is 11.7. The molecule has 1 aromatic heterocycles. The number of rotatable bonds is 7. The Kier molecular flexibility index (Phi) is 5.65. The van der Waals surface area contributed by atoms with Crippen LogP contribution in [-0.4, -0.2) is 28.2 Å². The molecule has 0 saturated carbocycles. The molecule has 0 bridgehead atoms. The molecular formula is C16H21N3O. The van der Waals surface area contributed by atoms with Gasteiger partial charge in [0.15, 0.2) is 0 Å². The molecule has 0 fully saturated rings.